The van der Waals surface area contributed by atoms with Crippen LogP contribution in [0.5, 0.6) is 0 Å². The number of carbonyl (C=O) groups is 1. The number of hydrogen-bond donors (Lipinski definition) is 2. The minimum Gasteiger partial charge on any atom is -0.369 e. The van der Waals surface area contributed by atoms with Crippen LogP contribution >= 0.6 is 11.8 Å². The molecular formula is C16H17N5O2S. The van der Waals surface area contributed by atoms with Crippen molar-refractivity contribution >= 4 is 28.7 Å². The highest BCUT2D eigenvalue weighted by atomic mass is 32.2. The summed E-state index contributed by atoms with van der Waals surface area (Å²) in [6, 6.07) is 0. The molecule has 1 amide bonds. The predicted octanol–water partition coefficient (Wildman–Crippen LogP) is 1.52. The van der Waals surface area contributed by atoms with Crippen molar-refractivity contribution in [2.24, 2.45) is 0 Å². The van der Waals surface area contributed by atoms with Crippen LogP contribution in [-0.4, -0.2) is 50.7 Å². The molecule has 124 valence electrons. The standard InChI is InChI=1S/C16H17N5O2S/c1-16(2)20-15(22)13-10-11(23-4-3-21(10)16)12(24-13)8-6-18-14-9(8)5-17-7-19-14/h5-7,11-12H,3-4H2,1-2H3,(H,20,22)(H,17,18,19). The van der Waals surface area contributed by atoms with Crippen molar-refractivity contribution in [2.75, 3.05) is 13.2 Å². The van der Waals surface area contributed by atoms with Crippen molar-refractivity contribution in [3.63, 3.8) is 0 Å². The van der Waals surface area contributed by atoms with Gasteiger partial charge in [-0.05, 0) is 19.4 Å². The molecule has 0 aromatic carbocycles. The molecule has 5 rings (SSSR count). The molecule has 5 heterocycles. The van der Waals surface area contributed by atoms with Crippen molar-refractivity contribution in [1.82, 2.24) is 25.2 Å². The molecule has 0 spiro atoms. The number of morpholine rings is 1. The zero-order valence-corrected chi connectivity index (χ0v) is 14.2. The van der Waals surface area contributed by atoms with E-state index in [9.17, 15) is 4.79 Å². The van der Waals surface area contributed by atoms with Gasteiger partial charge in [-0.2, -0.15) is 0 Å². The molecule has 0 radical (unpaired) electrons. The smallest absolute Gasteiger partial charge is 0.261 e. The number of carbonyl (C=O) groups excluding carboxylic acids is 1. The number of aromatic amines is 1. The summed E-state index contributed by atoms with van der Waals surface area (Å²) in [5.41, 5.74) is 2.53. The molecule has 3 aliphatic heterocycles. The molecule has 0 aliphatic carbocycles. The first kappa shape index (κ1) is 14.3. The van der Waals surface area contributed by atoms with E-state index in [1.807, 2.05) is 26.2 Å². The summed E-state index contributed by atoms with van der Waals surface area (Å²) < 4.78 is 6.11. The molecule has 1 saturated heterocycles. The average molecular weight is 343 g/mol. The first-order chi connectivity index (χ1) is 11.6. The maximum absolute atomic E-state index is 12.6. The number of nitrogens with one attached hydrogen (secondary N) is 2. The van der Waals surface area contributed by atoms with Gasteiger partial charge in [-0.25, -0.2) is 9.97 Å². The molecule has 2 N–H and O–H groups in total. The SMILES string of the molecule is CC1(C)NC(=O)C2=C3C(OCCN31)C(c1c[nH]c3ncncc13)S2. The quantitative estimate of drug-likeness (QED) is 0.817. The van der Waals surface area contributed by atoms with Gasteiger partial charge >= 0.3 is 0 Å². The Morgan fingerprint density at radius 1 is 1.46 bits per heavy atom. The van der Waals surface area contributed by atoms with Crippen LogP contribution in [0.4, 0.5) is 0 Å². The van der Waals surface area contributed by atoms with Gasteiger partial charge in [0.05, 0.1) is 22.5 Å². The lowest BCUT2D eigenvalue weighted by atomic mass is 9.98. The van der Waals surface area contributed by atoms with E-state index in [-0.39, 0.29) is 17.3 Å². The summed E-state index contributed by atoms with van der Waals surface area (Å²) in [4.78, 5) is 27.2. The third-order valence-electron chi connectivity index (χ3n) is 4.92. The maximum Gasteiger partial charge on any atom is 0.261 e. The molecule has 7 nitrogen and oxygen atoms in total. The second-order valence-corrected chi connectivity index (χ2v) is 7.89. The topological polar surface area (TPSA) is 83.1 Å². The monoisotopic (exact) mass is 343 g/mol. The minimum atomic E-state index is -0.392. The van der Waals surface area contributed by atoms with E-state index in [1.165, 1.54) is 6.33 Å². The van der Waals surface area contributed by atoms with Crippen LogP contribution in [0, 0.1) is 0 Å². The Bertz CT molecular complexity index is 889. The first-order valence-electron chi connectivity index (χ1n) is 7.96. The van der Waals surface area contributed by atoms with Gasteiger partial charge in [-0.15, -0.1) is 11.8 Å². The lowest BCUT2D eigenvalue weighted by Gasteiger charge is -2.48. The number of hydrogen-bond acceptors (Lipinski definition) is 6. The molecule has 2 aromatic heterocycles. The second kappa shape index (κ2) is 4.73. The predicted molar refractivity (Wildman–Crippen MR) is 89.9 cm³/mol. The third-order valence-corrected chi connectivity index (χ3v) is 6.30. The summed E-state index contributed by atoms with van der Waals surface area (Å²) in [6.45, 7) is 5.51. The van der Waals surface area contributed by atoms with Gasteiger partial charge < -0.3 is 19.9 Å². The largest absolute Gasteiger partial charge is 0.369 e. The molecule has 8 heteroatoms. The van der Waals surface area contributed by atoms with E-state index in [0.717, 1.165) is 33.7 Å². The van der Waals surface area contributed by atoms with Crippen molar-refractivity contribution in [1.29, 1.82) is 0 Å². The Balaban J connectivity index is 1.62. The average Bonchev–Trinajstić information content (AvgIpc) is 3.14. The molecule has 0 saturated carbocycles. The van der Waals surface area contributed by atoms with E-state index in [1.54, 1.807) is 11.8 Å². The van der Waals surface area contributed by atoms with E-state index in [0.29, 0.717) is 6.61 Å². The fourth-order valence-electron chi connectivity index (χ4n) is 3.85. The number of aromatic nitrogens is 3. The maximum atomic E-state index is 12.6. The molecular weight excluding hydrogens is 326 g/mol. The second-order valence-electron chi connectivity index (χ2n) is 6.74. The van der Waals surface area contributed by atoms with Gasteiger partial charge in [-0.1, -0.05) is 0 Å². The molecule has 0 bridgehead atoms. The van der Waals surface area contributed by atoms with Crippen LogP contribution < -0.4 is 5.32 Å². The van der Waals surface area contributed by atoms with Crippen LogP contribution in [0.3, 0.4) is 0 Å². The van der Waals surface area contributed by atoms with Crippen LogP contribution in [0.25, 0.3) is 11.0 Å². The van der Waals surface area contributed by atoms with Crippen LogP contribution in [0.1, 0.15) is 24.7 Å². The molecule has 24 heavy (non-hydrogen) atoms. The number of nitrogens with zero attached hydrogens (tertiary/aromatic N) is 3. The third kappa shape index (κ3) is 1.81. The van der Waals surface area contributed by atoms with Crippen molar-refractivity contribution < 1.29 is 9.53 Å². The number of rotatable bonds is 1. The van der Waals surface area contributed by atoms with E-state index < -0.39 is 5.66 Å². The molecule has 2 unspecified atom stereocenters. The Labute approximate surface area is 142 Å². The fourth-order valence-corrected chi connectivity index (χ4v) is 5.26. The van der Waals surface area contributed by atoms with Gasteiger partial charge in [0.25, 0.3) is 5.91 Å². The van der Waals surface area contributed by atoms with Gasteiger partial charge in [0, 0.05) is 24.3 Å². The normalized spacial score (nSPS) is 28.2. The molecule has 2 atom stereocenters. The molecule has 3 aliphatic rings. The number of amides is 1. The van der Waals surface area contributed by atoms with Gasteiger partial charge in [0.1, 0.15) is 23.7 Å². The van der Waals surface area contributed by atoms with Crippen LogP contribution in [0.2, 0.25) is 0 Å². The van der Waals surface area contributed by atoms with Crippen molar-refractivity contribution in [3.05, 3.63) is 34.9 Å². The Morgan fingerprint density at radius 3 is 3.21 bits per heavy atom. The summed E-state index contributed by atoms with van der Waals surface area (Å²) in [5, 5.41) is 4.11. The lowest BCUT2D eigenvalue weighted by molar-refractivity contribution is -0.124. The summed E-state index contributed by atoms with van der Waals surface area (Å²) in [7, 11) is 0. The van der Waals surface area contributed by atoms with E-state index >= 15 is 0 Å². The Kier molecular flexibility index (Phi) is 2.82. The summed E-state index contributed by atoms with van der Waals surface area (Å²) >= 11 is 1.58. The fraction of sp³-hybridized carbons (Fsp3) is 0.438. The molecule has 1 fully saturated rings. The number of ether oxygens (including phenoxy) is 1. The number of thioether (sulfide) groups is 1. The summed E-state index contributed by atoms with van der Waals surface area (Å²) in [6.07, 6.45) is 5.18. The highest BCUT2D eigenvalue weighted by molar-refractivity contribution is 8.04. The van der Waals surface area contributed by atoms with Crippen molar-refractivity contribution in [2.45, 2.75) is 30.9 Å². The van der Waals surface area contributed by atoms with Gasteiger partial charge in [0.2, 0.25) is 0 Å². The Hall–Kier alpha value is -2.06. The van der Waals surface area contributed by atoms with E-state index in [2.05, 4.69) is 25.2 Å². The molecule has 2 aromatic rings. The van der Waals surface area contributed by atoms with Crippen molar-refractivity contribution in [3.8, 4) is 0 Å². The number of fused-ring (bicyclic) bond motifs is 1. The number of H-pyrrole nitrogens is 1. The first-order valence-corrected chi connectivity index (χ1v) is 8.84. The van der Waals surface area contributed by atoms with Gasteiger partial charge in [-0.3, -0.25) is 4.79 Å². The minimum absolute atomic E-state index is 0.00894. The zero-order chi connectivity index (χ0) is 16.5. The van der Waals surface area contributed by atoms with E-state index in [4.69, 9.17) is 4.74 Å². The highest BCUT2D eigenvalue weighted by Gasteiger charge is 2.51. The Morgan fingerprint density at radius 2 is 2.33 bits per heavy atom. The van der Waals surface area contributed by atoms with Crippen LogP contribution in [-0.2, 0) is 9.53 Å². The van der Waals surface area contributed by atoms with Gasteiger partial charge in [0.15, 0.2) is 0 Å². The highest BCUT2D eigenvalue weighted by Crippen LogP contribution is 2.54. The lowest BCUT2D eigenvalue weighted by Crippen LogP contribution is -2.63. The summed E-state index contributed by atoms with van der Waals surface area (Å²) in [5.74, 6) is -0.00894. The zero-order valence-electron chi connectivity index (χ0n) is 13.4. The van der Waals surface area contributed by atoms with Crippen LogP contribution in [0.15, 0.2) is 29.3 Å².